The van der Waals surface area contributed by atoms with E-state index in [1.165, 1.54) is 22.3 Å². The average molecular weight is 264 g/mol. The third-order valence-corrected chi connectivity index (χ3v) is 4.12. The van der Waals surface area contributed by atoms with Crippen molar-refractivity contribution >= 4 is 40.5 Å². The summed E-state index contributed by atoms with van der Waals surface area (Å²) in [7, 11) is 0. The quantitative estimate of drug-likeness (QED) is 0.681. The Morgan fingerprint density at radius 2 is 2.00 bits per heavy atom. The van der Waals surface area contributed by atoms with Crippen LogP contribution >= 0.6 is 22.7 Å². The van der Waals surface area contributed by atoms with Crippen LogP contribution in [0.5, 0.6) is 0 Å². The molecule has 0 aromatic carbocycles. The third-order valence-electron chi connectivity index (χ3n) is 2.00. The number of ketones is 1. The molecule has 0 bridgehead atoms. The van der Waals surface area contributed by atoms with Crippen LogP contribution < -0.4 is 0 Å². The number of carbonyl (C=O) groups is 2. The summed E-state index contributed by atoms with van der Waals surface area (Å²) in [6.07, 6.45) is 2.60. The molecule has 5 heteroatoms. The van der Waals surface area contributed by atoms with Gasteiger partial charge in [-0.3, -0.25) is 4.79 Å². The minimum absolute atomic E-state index is 0.864. The van der Waals surface area contributed by atoms with E-state index in [-0.39, 0.29) is 0 Å². The lowest BCUT2D eigenvalue weighted by atomic mass is 10.3. The van der Waals surface area contributed by atoms with E-state index >= 15 is 0 Å². The monoisotopic (exact) mass is 264 g/mol. The summed E-state index contributed by atoms with van der Waals surface area (Å²) < 4.78 is 0. The van der Waals surface area contributed by atoms with Crippen LogP contribution in [-0.4, -0.2) is 16.9 Å². The summed E-state index contributed by atoms with van der Waals surface area (Å²) in [5.41, 5.74) is 0. The average Bonchev–Trinajstić information content (AvgIpc) is 2.95. The summed E-state index contributed by atoms with van der Waals surface area (Å²) >= 11 is 3.17. The molecule has 0 aliphatic carbocycles. The molecule has 3 nitrogen and oxygen atoms in total. The van der Waals surface area contributed by atoms with Crippen LogP contribution in [0.1, 0.15) is 4.88 Å². The van der Waals surface area contributed by atoms with Gasteiger partial charge in [0.1, 0.15) is 0 Å². The highest BCUT2D eigenvalue weighted by atomic mass is 32.1. The van der Waals surface area contributed by atoms with Crippen molar-refractivity contribution < 1.29 is 14.7 Å². The number of carboxylic acid groups (broad SMARTS) is 1. The van der Waals surface area contributed by atoms with Crippen molar-refractivity contribution in [2.24, 2.45) is 0 Å². The van der Waals surface area contributed by atoms with Crippen LogP contribution in [0, 0.1) is 0 Å². The molecule has 2 rings (SSSR count). The number of carbonyl (C=O) groups excluding carboxylic acids is 1. The number of carboxylic acids is 1. The summed E-state index contributed by atoms with van der Waals surface area (Å²) in [4.78, 5) is 24.3. The zero-order valence-corrected chi connectivity index (χ0v) is 10.3. The van der Waals surface area contributed by atoms with Crippen LogP contribution in [0.25, 0.3) is 15.8 Å². The molecule has 0 saturated heterocycles. The third kappa shape index (κ3) is 2.89. The predicted molar refractivity (Wildman–Crippen MR) is 69.3 cm³/mol. The second kappa shape index (κ2) is 5.07. The highest BCUT2D eigenvalue weighted by molar-refractivity contribution is 7.21. The standard InChI is InChI=1S/C12H8O3S2/c13-9(12(14)15)5-3-8-4-6-11(17-8)10-2-1-7-16-10/h1-7H,(H,14,15). The normalized spacial score (nSPS) is 10.8. The second-order valence-electron chi connectivity index (χ2n) is 3.18. The molecule has 2 heterocycles. The van der Waals surface area contributed by atoms with Crippen molar-refractivity contribution in [1.82, 2.24) is 0 Å². The Labute approximate surface area is 106 Å². The van der Waals surface area contributed by atoms with Crippen molar-refractivity contribution in [1.29, 1.82) is 0 Å². The Morgan fingerprint density at radius 1 is 1.18 bits per heavy atom. The van der Waals surface area contributed by atoms with Crippen LogP contribution in [0.4, 0.5) is 0 Å². The lowest BCUT2D eigenvalue weighted by molar-refractivity contribution is -0.146. The molecule has 0 saturated carbocycles. The van der Waals surface area contributed by atoms with Crippen molar-refractivity contribution in [3.8, 4) is 9.75 Å². The van der Waals surface area contributed by atoms with Crippen LogP contribution in [0.15, 0.2) is 35.7 Å². The van der Waals surface area contributed by atoms with Gasteiger partial charge in [0.05, 0.1) is 0 Å². The van der Waals surface area contributed by atoms with Crippen LogP contribution in [-0.2, 0) is 9.59 Å². The molecule has 17 heavy (non-hydrogen) atoms. The van der Waals surface area contributed by atoms with Gasteiger partial charge in [0, 0.05) is 14.6 Å². The molecule has 0 unspecified atom stereocenters. The number of hydrogen-bond acceptors (Lipinski definition) is 4. The first-order chi connectivity index (χ1) is 8.16. The molecule has 0 atom stereocenters. The largest absolute Gasteiger partial charge is 0.475 e. The molecule has 0 spiro atoms. The molecule has 86 valence electrons. The number of thiophene rings is 2. The smallest absolute Gasteiger partial charge is 0.376 e. The lowest BCUT2D eigenvalue weighted by Gasteiger charge is -1.87. The van der Waals surface area contributed by atoms with Crippen molar-refractivity contribution in [2.75, 3.05) is 0 Å². The van der Waals surface area contributed by atoms with Crippen LogP contribution in [0.3, 0.4) is 0 Å². The van der Waals surface area contributed by atoms with E-state index in [2.05, 4.69) is 0 Å². The van der Waals surface area contributed by atoms with Crippen molar-refractivity contribution in [2.45, 2.75) is 0 Å². The molecule has 2 aromatic rings. The number of hydrogen-bond donors (Lipinski definition) is 1. The van der Waals surface area contributed by atoms with Gasteiger partial charge in [-0.25, -0.2) is 4.79 Å². The first-order valence-electron chi connectivity index (χ1n) is 4.76. The minimum Gasteiger partial charge on any atom is -0.475 e. The first kappa shape index (κ1) is 11.8. The van der Waals surface area contributed by atoms with Gasteiger partial charge in [0.15, 0.2) is 0 Å². The van der Waals surface area contributed by atoms with Gasteiger partial charge in [-0.15, -0.1) is 22.7 Å². The fraction of sp³-hybridized carbons (Fsp3) is 0. The lowest BCUT2D eigenvalue weighted by Crippen LogP contribution is -2.08. The maximum absolute atomic E-state index is 10.9. The molecule has 2 aromatic heterocycles. The summed E-state index contributed by atoms with van der Waals surface area (Å²) in [5, 5.41) is 10.4. The zero-order chi connectivity index (χ0) is 12.3. The van der Waals surface area contributed by atoms with Gasteiger partial charge in [0.2, 0.25) is 0 Å². The maximum atomic E-state index is 10.9. The van der Waals surface area contributed by atoms with Gasteiger partial charge in [0.25, 0.3) is 5.78 Å². The van der Waals surface area contributed by atoms with Gasteiger partial charge in [-0.05, 0) is 35.7 Å². The number of rotatable bonds is 4. The molecule has 0 aliphatic heterocycles. The van der Waals surface area contributed by atoms with Gasteiger partial charge < -0.3 is 5.11 Å². The maximum Gasteiger partial charge on any atom is 0.376 e. The van der Waals surface area contributed by atoms with E-state index in [1.807, 2.05) is 29.6 Å². The number of aliphatic carboxylic acids is 1. The van der Waals surface area contributed by atoms with E-state index in [1.54, 1.807) is 11.3 Å². The molecular weight excluding hydrogens is 256 g/mol. The first-order valence-corrected chi connectivity index (χ1v) is 6.45. The van der Waals surface area contributed by atoms with E-state index in [4.69, 9.17) is 5.11 Å². The highest BCUT2D eigenvalue weighted by Crippen LogP contribution is 2.31. The Hall–Kier alpha value is -1.72. The Balaban J connectivity index is 2.14. The van der Waals surface area contributed by atoms with Crippen LogP contribution in [0.2, 0.25) is 0 Å². The van der Waals surface area contributed by atoms with E-state index in [0.29, 0.717) is 0 Å². The Kier molecular flexibility index (Phi) is 3.51. The molecule has 0 radical (unpaired) electrons. The summed E-state index contributed by atoms with van der Waals surface area (Å²) in [5.74, 6) is -2.34. The van der Waals surface area contributed by atoms with E-state index < -0.39 is 11.8 Å². The highest BCUT2D eigenvalue weighted by Gasteiger charge is 2.06. The fourth-order valence-corrected chi connectivity index (χ4v) is 2.97. The van der Waals surface area contributed by atoms with Crippen molar-refractivity contribution in [3.05, 3.63) is 40.6 Å². The summed E-state index contributed by atoms with van der Waals surface area (Å²) in [6, 6.07) is 7.82. The molecular formula is C12H8O3S2. The molecule has 0 aliphatic rings. The summed E-state index contributed by atoms with van der Waals surface area (Å²) in [6.45, 7) is 0. The van der Waals surface area contributed by atoms with Crippen molar-refractivity contribution in [3.63, 3.8) is 0 Å². The van der Waals surface area contributed by atoms with Gasteiger partial charge in [-0.2, -0.15) is 0 Å². The fourth-order valence-electron chi connectivity index (χ4n) is 1.22. The zero-order valence-electron chi connectivity index (χ0n) is 8.62. The van der Waals surface area contributed by atoms with Gasteiger partial charge in [-0.1, -0.05) is 6.07 Å². The SMILES string of the molecule is O=C(O)C(=O)C=Cc1ccc(-c2cccs2)s1. The molecule has 0 amide bonds. The topological polar surface area (TPSA) is 54.4 Å². The predicted octanol–water partition coefficient (Wildman–Crippen LogP) is 3.14. The minimum atomic E-state index is -1.43. The Bertz CT molecular complexity index is 564. The second-order valence-corrected chi connectivity index (χ2v) is 5.25. The van der Waals surface area contributed by atoms with E-state index in [9.17, 15) is 9.59 Å². The van der Waals surface area contributed by atoms with Gasteiger partial charge >= 0.3 is 5.97 Å². The molecule has 1 N–H and O–H groups in total. The van der Waals surface area contributed by atoms with E-state index in [0.717, 1.165) is 15.8 Å². The molecule has 0 fully saturated rings. The Morgan fingerprint density at radius 3 is 2.65 bits per heavy atom.